The smallest absolute Gasteiger partial charge is 1.00 e. The second kappa shape index (κ2) is 14.0. The van der Waals surface area contributed by atoms with E-state index in [0.717, 1.165) is 0 Å². The van der Waals surface area contributed by atoms with Gasteiger partial charge in [-0.25, -0.2) is 12.1 Å². The topological polar surface area (TPSA) is 0 Å². The molecule has 0 aliphatic carbocycles. The number of hydrogen-bond donors (Lipinski definition) is 0. The second-order valence-corrected chi connectivity index (χ2v) is 7.85. The van der Waals surface area contributed by atoms with Gasteiger partial charge in [-0.3, -0.25) is 0 Å². The Labute approximate surface area is 187 Å². The number of halogens is 2. The molecule has 0 saturated carbocycles. The summed E-state index contributed by atoms with van der Waals surface area (Å²) in [6.07, 6.45) is 0. The molecule has 0 N–H and O–H groups in total. The molecule has 3 heteroatoms. The summed E-state index contributed by atoms with van der Waals surface area (Å²) in [4.78, 5) is 0. The summed E-state index contributed by atoms with van der Waals surface area (Å²) < 4.78 is 0. The fourth-order valence-corrected chi connectivity index (χ4v) is 2.06. The molecule has 0 aromatic heterocycles. The Bertz CT molecular complexity index is 501. The first kappa shape index (κ1) is 32.6. The van der Waals surface area contributed by atoms with Crippen molar-refractivity contribution in [2.75, 3.05) is 0 Å². The zero-order valence-electron chi connectivity index (χ0n) is 17.1. The molecular weight excluding hydrogens is 514 g/mol. The van der Waals surface area contributed by atoms with Crippen molar-refractivity contribution < 1.29 is 50.7 Å². The normalized spacial score (nSPS) is 9.76. The van der Waals surface area contributed by atoms with Crippen LogP contribution >= 0.6 is 0 Å². The maximum atomic E-state index is 3.00. The van der Waals surface area contributed by atoms with Gasteiger partial charge in [0.15, 0.2) is 0 Å². The Kier molecular flexibility index (Phi) is 18.2. The molecule has 2 aromatic carbocycles. The Morgan fingerprint density at radius 1 is 0.680 bits per heavy atom. The summed E-state index contributed by atoms with van der Waals surface area (Å²) in [6.45, 7) is 23.7. The largest absolute Gasteiger partial charge is 4.00 e. The van der Waals surface area contributed by atoms with Gasteiger partial charge in [-0.2, -0.15) is 46.5 Å². The molecule has 0 aliphatic heterocycles. The van der Waals surface area contributed by atoms with Gasteiger partial charge in [-0.1, -0.05) is 66.2 Å². The molecule has 2 aromatic rings. The molecule has 0 aliphatic rings. The molecular formula is C22H34Cl2Hf. The molecule has 0 unspecified atom stereocenters. The van der Waals surface area contributed by atoms with Crippen LogP contribution in [0.3, 0.4) is 0 Å². The van der Waals surface area contributed by atoms with Crippen LogP contribution in [-0.4, -0.2) is 0 Å². The van der Waals surface area contributed by atoms with Crippen LogP contribution in [0, 0.1) is 13.8 Å². The average Bonchev–Trinajstić information content (AvgIpc) is 3.00. The van der Waals surface area contributed by atoms with Gasteiger partial charge >= 0.3 is 25.8 Å². The monoisotopic (exact) mass is 548 g/mol. The minimum absolute atomic E-state index is 0. The van der Waals surface area contributed by atoms with E-state index >= 15 is 0 Å². The molecule has 0 heterocycles. The van der Waals surface area contributed by atoms with Crippen LogP contribution < -0.4 is 24.8 Å². The molecule has 0 spiro atoms. The third-order valence-electron chi connectivity index (χ3n) is 3.55. The third-order valence-corrected chi connectivity index (χ3v) is 3.55. The van der Waals surface area contributed by atoms with Crippen molar-refractivity contribution in [3.63, 3.8) is 0 Å². The Balaban J connectivity index is -0.000000145. The minimum atomic E-state index is 0. The van der Waals surface area contributed by atoms with Crippen LogP contribution in [0.1, 0.15) is 63.8 Å². The van der Waals surface area contributed by atoms with Crippen LogP contribution in [0.5, 0.6) is 0 Å². The van der Waals surface area contributed by atoms with Crippen molar-refractivity contribution in [2.45, 2.75) is 66.2 Å². The quantitative estimate of drug-likeness (QED) is 0.261. The van der Waals surface area contributed by atoms with E-state index in [2.05, 4.69) is 105 Å². The van der Waals surface area contributed by atoms with E-state index in [1.807, 2.05) is 0 Å². The third kappa shape index (κ3) is 12.8. The van der Waals surface area contributed by atoms with Gasteiger partial charge in [0, 0.05) is 0 Å². The fourth-order valence-electron chi connectivity index (χ4n) is 2.06. The molecule has 2 rings (SSSR count). The SMILES string of the molecule is C=C.Cc1cc(C(C)(C)C)c[cH-]1.Cc1cc(C(C)(C)C)c[cH-]1.[Cl-].[Cl-].[Hf+4]. The maximum absolute atomic E-state index is 3.00. The van der Waals surface area contributed by atoms with Crippen molar-refractivity contribution in [2.24, 2.45) is 0 Å². The summed E-state index contributed by atoms with van der Waals surface area (Å²) in [6, 6.07) is 13.2. The van der Waals surface area contributed by atoms with Crippen molar-refractivity contribution >= 4 is 0 Å². The van der Waals surface area contributed by atoms with Crippen LogP contribution in [0.2, 0.25) is 0 Å². The Morgan fingerprint density at radius 3 is 1.00 bits per heavy atom. The van der Waals surface area contributed by atoms with Gasteiger partial charge in [-0.15, -0.1) is 13.2 Å². The summed E-state index contributed by atoms with van der Waals surface area (Å²) in [7, 11) is 0. The van der Waals surface area contributed by atoms with Crippen molar-refractivity contribution in [1.82, 2.24) is 0 Å². The van der Waals surface area contributed by atoms with Gasteiger partial charge in [0.1, 0.15) is 0 Å². The summed E-state index contributed by atoms with van der Waals surface area (Å²) in [5, 5.41) is 0. The predicted molar refractivity (Wildman–Crippen MR) is 102 cm³/mol. The first-order valence-electron chi connectivity index (χ1n) is 7.98. The molecule has 0 fully saturated rings. The first-order valence-corrected chi connectivity index (χ1v) is 7.98. The first-order chi connectivity index (χ1) is 10.00. The summed E-state index contributed by atoms with van der Waals surface area (Å²) in [5.41, 5.74) is 6.23. The van der Waals surface area contributed by atoms with Gasteiger partial charge in [-0.05, 0) is 0 Å². The van der Waals surface area contributed by atoms with E-state index in [4.69, 9.17) is 0 Å². The predicted octanol–water partition coefficient (Wildman–Crippen LogP) is 0.831. The standard InChI is InChI=1S/2C10H15.C2H4.2ClH.Hf/c2*1-8-5-6-9(7-8)10(2,3)4;1-2;;;/h2*5-7H,1-4H3;1-2H2;2*1H;/q2*-1;;;;+4/p-2. The fraction of sp³-hybridized carbons (Fsp3) is 0.455. The van der Waals surface area contributed by atoms with Crippen molar-refractivity contribution in [3.05, 3.63) is 71.8 Å². The van der Waals surface area contributed by atoms with Crippen LogP contribution in [0.25, 0.3) is 0 Å². The second-order valence-electron chi connectivity index (χ2n) is 7.85. The Hall–Kier alpha value is -0.110. The number of rotatable bonds is 0. The van der Waals surface area contributed by atoms with Crippen molar-refractivity contribution in [1.29, 1.82) is 0 Å². The van der Waals surface area contributed by atoms with Crippen LogP contribution in [-0.2, 0) is 36.7 Å². The van der Waals surface area contributed by atoms with Gasteiger partial charge in [0.2, 0.25) is 0 Å². The molecule has 140 valence electrons. The van der Waals surface area contributed by atoms with Crippen molar-refractivity contribution in [3.8, 4) is 0 Å². The molecule has 0 bridgehead atoms. The van der Waals surface area contributed by atoms with Gasteiger partial charge < -0.3 is 24.8 Å². The zero-order valence-corrected chi connectivity index (χ0v) is 22.2. The summed E-state index contributed by atoms with van der Waals surface area (Å²) in [5.74, 6) is 0. The van der Waals surface area contributed by atoms with Crippen LogP contribution in [0.15, 0.2) is 49.6 Å². The Morgan fingerprint density at radius 2 is 0.920 bits per heavy atom. The van der Waals surface area contributed by atoms with Crippen LogP contribution in [0.4, 0.5) is 0 Å². The van der Waals surface area contributed by atoms with E-state index in [-0.39, 0.29) is 50.7 Å². The molecule has 0 atom stereocenters. The zero-order chi connectivity index (χ0) is 17.6. The van der Waals surface area contributed by atoms with E-state index in [0.29, 0.717) is 10.8 Å². The molecule has 0 saturated heterocycles. The average molecular weight is 548 g/mol. The van der Waals surface area contributed by atoms with E-state index < -0.39 is 0 Å². The number of hydrogen-bond acceptors (Lipinski definition) is 0. The van der Waals surface area contributed by atoms with E-state index in [1.54, 1.807) is 0 Å². The maximum Gasteiger partial charge on any atom is 4.00 e. The van der Waals surface area contributed by atoms with E-state index in [1.165, 1.54) is 22.3 Å². The molecule has 0 radical (unpaired) electrons. The van der Waals surface area contributed by atoms with Gasteiger partial charge in [0.25, 0.3) is 0 Å². The summed E-state index contributed by atoms with van der Waals surface area (Å²) >= 11 is 0. The molecule has 25 heavy (non-hydrogen) atoms. The van der Waals surface area contributed by atoms with E-state index in [9.17, 15) is 0 Å². The molecule has 0 amide bonds. The number of aryl methyl sites for hydroxylation is 2. The molecule has 0 nitrogen and oxygen atoms in total. The minimum Gasteiger partial charge on any atom is -1.00 e. The van der Waals surface area contributed by atoms with Gasteiger partial charge in [0.05, 0.1) is 0 Å².